The number of alkyl halides is 3. The first kappa shape index (κ1) is 20.4. The number of hydrogen-bond donors (Lipinski definition) is 2. The topological polar surface area (TPSA) is 87.0 Å². The zero-order valence-corrected chi connectivity index (χ0v) is 16.5. The van der Waals surface area contributed by atoms with E-state index >= 15 is 0 Å². The maximum absolute atomic E-state index is 13.0. The average Bonchev–Trinajstić information content (AvgIpc) is 3.32. The normalized spacial score (nSPS) is 22.4. The molecule has 1 aromatic carbocycles. The molecule has 1 aliphatic rings. The van der Waals surface area contributed by atoms with Crippen LogP contribution in [0.1, 0.15) is 47.3 Å². The molecule has 0 aliphatic heterocycles. The summed E-state index contributed by atoms with van der Waals surface area (Å²) in [6, 6.07) is 3.60. The fourth-order valence-electron chi connectivity index (χ4n) is 4.23. The maximum atomic E-state index is 13.0. The highest BCUT2D eigenvalue weighted by Crippen LogP contribution is 2.33. The Morgan fingerprint density at radius 1 is 1.33 bits per heavy atom. The number of aromatic amines is 1. The van der Waals surface area contributed by atoms with Crippen LogP contribution in [0.3, 0.4) is 0 Å². The Morgan fingerprint density at radius 3 is 2.77 bits per heavy atom. The van der Waals surface area contributed by atoms with Crippen LogP contribution in [-0.2, 0) is 6.18 Å². The lowest BCUT2D eigenvalue weighted by Gasteiger charge is -2.40. The van der Waals surface area contributed by atoms with Crippen molar-refractivity contribution in [2.75, 3.05) is 7.05 Å². The number of imidazole rings is 2. The van der Waals surface area contributed by atoms with E-state index in [-0.39, 0.29) is 28.5 Å². The number of nitrogens with zero attached hydrogens (tertiary/aromatic N) is 4. The van der Waals surface area contributed by atoms with Gasteiger partial charge in [-0.25, -0.2) is 9.97 Å². The second kappa shape index (κ2) is 7.42. The van der Waals surface area contributed by atoms with Crippen molar-refractivity contribution in [3.8, 4) is 0 Å². The number of aliphatic hydroxyl groups is 1. The smallest absolute Gasteiger partial charge is 0.389 e. The van der Waals surface area contributed by atoms with Crippen molar-refractivity contribution in [1.82, 2.24) is 24.4 Å². The van der Waals surface area contributed by atoms with Crippen LogP contribution in [0, 0.1) is 6.92 Å². The third kappa shape index (κ3) is 3.55. The first-order chi connectivity index (χ1) is 14.2. The van der Waals surface area contributed by atoms with Gasteiger partial charge in [-0.05, 0) is 44.4 Å². The number of H-pyrrole nitrogens is 1. The minimum Gasteiger partial charge on any atom is -0.389 e. The van der Waals surface area contributed by atoms with Crippen LogP contribution >= 0.6 is 0 Å². The summed E-state index contributed by atoms with van der Waals surface area (Å²) in [6.07, 6.45) is 0.360. The Hall–Kier alpha value is -2.88. The van der Waals surface area contributed by atoms with Crippen LogP contribution < -0.4 is 0 Å². The Bertz CT molecular complexity index is 1070. The highest BCUT2D eigenvalue weighted by molar-refractivity contribution is 5.97. The van der Waals surface area contributed by atoms with Gasteiger partial charge in [-0.15, -0.1) is 0 Å². The predicted molar refractivity (Wildman–Crippen MR) is 103 cm³/mol. The molecular formula is C20H22F3N5O2. The summed E-state index contributed by atoms with van der Waals surface area (Å²) < 4.78 is 40.6. The van der Waals surface area contributed by atoms with Crippen LogP contribution in [0.4, 0.5) is 13.2 Å². The van der Waals surface area contributed by atoms with E-state index in [2.05, 4.69) is 15.0 Å². The molecule has 2 N–H and O–H groups in total. The number of amides is 1. The van der Waals surface area contributed by atoms with E-state index in [1.54, 1.807) is 13.2 Å². The number of carbonyl (C=O) groups excluding carboxylic acids is 1. The van der Waals surface area contributed by atoms with Crippen LogP contribution in [0.15, 0.2) is 30.6 Å². The lowest BCUT2D eigenvalue weighted by molar-refractivity contribution is -0.144. The fourth-order valence-corrected chi connectivity index (χ4v) is 4.23. The number of carbonyl (C=O) groups is 1. The molecule has 0 unspecified atom stereocenters. The van der Waals surface area contributed by atoms with Crippen molar-refractivity contribution in [3.63, 3.8) is 0 Å². The SMILES string of the molecule is Cc1nccn1[C@@H]1CCC[C@@H](N(C)C(=O)c2ccc3nc(C(F)(F)F)[nH]c3c2)[C@H]1O. The third-order valence-corrected chi connectivity index (χ3v) is 5.82. The number of fused-ring (bicyclic) bond motifs is 1. The second-order valence-corrected chi connectivity index (χ2v) is 7.67. The molecule has 7 nitrogen and oxygen atoms in total. The molecule has 3 atom stereocenters. The first-order valence-corrected chi connectivity index (χ1v) is 9.68. The summed E-state index contributed by atoms with van der Waals surface area (Å²) in [6.45, 7) is 1.86. The minimum atomic E-state index is -4.59. The second-order valence-electron chi connectivity index (χ2n) is 7.67. The van der Waals surface area contributed by atoms with Gasteiger partial charge in [0.1, 0.15) is 5.82 Å². The van der Waals surface area contributed by atoms with Gasteiger partial charge in [0.25, 0.3) is 5.91 Å². The zero-order chi connectivity index (χ0) is 21.6. The van der Waals surface area contributed by atoms with E-state index in [9.17, 15) is 23.1 Å². The largest absolute Gasteiger partial charge is 0.449 e. The van der Waals surface area contributed by atoms with E-state index in [0.717, 1.165) is 18.7 Å². The molecule has 1 saturated carbocycles. The van der Waals surface area contributed by atoms with Gasteiger partial charge in [-0.1, -0.05) is 0 Å². The van der Waals surface area contributed by atoms with Gasteiger partial charge < -0.3 is 19.6 Å². The zero-order valence-electron chi connectivity index (χ0n) is 16.5. The molecule has 1 fully saturated rings. The molecule has 4 rings (SSSR count). The van der Waals surface area contributed by atoms with Crippen LogP contribution in [0.2, 0.25) is 0 Å². The number of benzene rings is 1. The first-order valence-electron chi connectivity index (χ1n) is 9.68. The van der Waals surface area contributed by atoms with E-state index in [1.807, 2.05) is 17.7 Å². The number of aliphatic hydroxyl groups excluding tert-OH is 1. The van der Waals surface area contributed by atoms with E-state index in [0.29, 0.717) is 6.42 Å². The van der Waals surface area contributed by atoms with E-state index in [4.69, 9.17) is 0 Å². The summed E-state index contributed by atoms with van der Waals surface area (Å²) in [5, 5.41) is 11.0. The van der Waals surface area contributed by atoms with Crippen molar-refractivity contribution in [2.24, 2.45) is 0 Å². The number of likely N-dealkylation sites (N-methyl/N-ethyl adjacent to an activating group) is 1. The predicted octanol–water partition coefficient (Wildman–Crippen LogP) is 3.31. The molecule has 10 heteroatoms. The summed E-state index contributed by atoms with van der Waals surface area (Å²) >= 11 is 0. The van der Waals surface area contributed by atoms with Crippen molar-refractivity contribution in [2.45, 2.75) is 50.6 Å². The fraction of sp³-hybridized carbons (Fsp3) is 0.450. The molecule has 30 heavy (non-hydrogen) atoms. The van der Waals surface area contributed by atoms with Crippen molar-refractivity contribution in [3.05, 3.63) is 47.8 Å². The molecule has 0 spiro atoms. The molecular weight excluding hydrogens is 399 g/mol. The van der Waals surface area contributed by atoms with Gasteiger partial charge in [0, 0.05) is 25.0 Å². The summed E-state index contributed by atoms with van der Waals surface area (Å²) in [7, 11) is 1.61. The quantitative estimate of drug-likeness (QED) is 0.679. The molecule has 3 aromatic rings. The maximum Gasteiger partial charge on any atom is 0.449 e. The summed E-state index contributed by atoms with van der Waals surface area (Å²) in [4.78, 5) is 24.5. The van der Waals surface area contributed by atoms with Crippen LogP contribution in [0.5, 0.6) is 0 Å². The summed E-state index contributed by atoms with van der Waals surface area (Å²) in [5.74, 6) is -0.678. The Labute approximate surface area is 170 Å². The van der Waals surface area contributed by atoms with Gasteiger partial charge in [-0.2, -0.15) is 13.2 Å². The highest BCUT2D eigenvalue weighted by atomic mass is 19.4. The number of halogens is 3. The van der Waals surface area contributed by atoms with Crippen LogP contribution in [-0.4, -0.2) is 54.6 Å². The van der Waals surface area contributed by atoms with Gasteiger partial charge in [0.2, 0.25) is 5.82 Å². The number of hydrogen-bond acceptors (Lipinski definition) is 4. The molecule has 1 aliphatic carbocycles. The van der Waals surface area contributed by atoms with Crippen molar-refractivity contribution >= 4 is 16.9 Å². The molecule has 2 aromatic heterocycles. The number of aryl methyl sites for hydroxylation is 1. The lowest BCUT2D eigenvalue weighted by Crippen LogP contribution is -2.50. The van der Waals surface area contributed by atoms with E-state index in [1.165, 1.54) is 23.1 Å². The third-order valence-electron chi connectivity index (χ3n) is 5.82. The number of nitrogens with one attached hydrogen (secondary N) is 1. The van der Waals surface area contributed by atoms with Gasteiger partial charge in [0.05, 0.1) is 29.2 Å². The minimum absolute atomic E-state index is 0.134. The molecule has 0 saturated heterocycles. The van der Waals surface area contributed by atoms with Crippen molar-refractivity contribution < 1.29 is 23.1 Å². The number of rotatable bonds is 3. The van der Waals surface area contributed by atoms with Gasteiger partial charge in [0.15, 0.2) is 0 Å². The van der Waals surface area contributed by atoms with E-state index < -0.39 is 24.1 Å². The monoisotopic (exact) mass is 421 g/mol. The standard InChI is InChI=1S/C20H22F3N5O2/c1-11-24-8-9-28(11)16-5-3-4-15(17(16)29)27(2)18(30)12-6-7-13-14(10-12)26-19(25-13)20(21,22)23/h6-10,15-17,29H,3-5H2,1-2H3,(H,25,26)/t15-,16-,17-/m1/s1. The average molecular weight is 421 g/mol. The van der Waals surface area contributed by atoms with Gasteiger partial charge in [-0.3, -0.25) is 4.79 Å². The molecule has 0 radical (unpaired) electrons. The number of aromatic nitrogens is 4. The molecule has 1 amide bonds. The Kier molecular flexibility index (Phi) is 5.05. The summed E-state index contributed by atoms with van der Waals surface area (Å²) in [5.41, 5.74) is 0.503. The molecule has 2 heterocycles. The Balaban J connectivity index is 1.57. The van der Waals surface area contributed by atoms with Crippen LogP contribution in [0.25, 0.3) is 11.0 Å². The van der Waals surface area contributed by atoms with Crippen molar-refractivity contribution in [1.29, 1.82) is 0 Å². The lowest BCUT2D eigenvalue weighted by atomic mass is 9.86. The molecule has 160 valence electrons. The molecule has 0 bridgehead atoms. The highest BCUT2D eigenvalue weighted by Gasteiger charge is 2.38. The van der Waals surface area contributed by atoms with Gasteiger partial charge >= 0.3 is 6.18 Å². The Morgan fingerprint density at radius 2 is 2.10 bits per heavy atom.